The Morgan fingerprint density at radius 2 is 2.29 bits per heavy atom. The SMILES string of the molecule is CCn1nc(C)cc1CNCCCOCCO. The van der Waals surface area contributed by atoms with Crippen LogP contribution in [0, 0.1) is 6.92 Å². The molecule has 1 heterocycles. The molecule has 0 unspecified atom stereocenters. The fourth-order valence-corrected chi connectivity index (χ4v) is 1.70. The Bertz CT molecular complexity index is 313. The van der Waals surface area contributed by atoms with Gasteiger partial charge >= 0.3 is 0 Å². The standard InChI is InChI=1S/C12H23N3O2/c1-3-15-12(9-11(2)14-15)10-13-5-4-7-17-8-6-16/h9,13,16H,3-8,10H2,1-2H3. The summed E-state index contributed by atoms with van der Waals surface area (Å²) in [5.74, 6) is 0. The van der Waals surface area contributed by atoms with Crippen LogP contribution in [0.4, 0.5) is 0 Å². The first-order valence-corrected chi connectivity index (χ1v) is 6.20. The first-order chi connectivity index (χ1) is 8.27. The van der Waals surface area contributed by atoms with E-state index < -0.39 is 0 Å². The van der Waals surface area contributed by atoms with E-state index in [1.54, 1.807) is 0 Å². The van der Waals surface area contributed by atoms with E-state index >= 15 is 0 Å². The van der Waals surface area contributed by atoms with E-state index in [4.69, 9.17) is 9.84 Å². The third-order valence-corrected chi connectivity index (χ3v) is 2.47. The number of aryl methyl sites for hydroxylation is 2. The molecule has 0 aliphatic rings. The third-order valence-electron chi connectivity index (χ3n) is 2.47. The van der Waals surface area contributed by atoms with Crippen LogP contribution in [0.3, 0.4) is 0 Å². The number of hydrogen-bond acceptors (Lipinski definition) is 4. The van der Waals surface area contributed by atoms with Crippen LogP contribution in [0.1, 0.15) is 24.7 Å². The minimum atomic E-state index is 0.0996. The maximum absolute atomic E-state index is 8.53. The lowest BCUT2D eigenvalue weighted by Gasteiger charge is -2.06. The highest BCUT2D eigenvalue weighted by Crippen LogP contribution is 2.03. The molecule has 17 heavy (non-hydrogen) atoms. The van der Waals surface area contributed by atoms with E-state index in [2.05, 4.69) is 23.4 Å². The van der Waals surface area contributed by atoms with Crippen molar-refractivity contribution in [3.63, 3.8) is 0 Å². The molecule has 0 atom stereocenters. The van der Waals surface area contributed by atoms with Gasteiger partial charge in [-0.3, -0.25) is 4.68 Å². The fourth-order valence-electron chi connectivity index (χ4n) is 1.70. The molecular weight excluding hydrogens is 218 g/mol. The van der Waals surface area contributed by atoms with E-state index in [-0.39, 0.29) is 6.61 Å². The summed E-state index contributed by atoms with van der Waals surface area (Å²) in [5.41, 5.74) is 2.29. The number of hydrogen-bond donors (Lipinski definition) is 2. The van der Waals surface area contributed by atoms with Gasteiger partial charge in [-0.15, -0.1) is 0 Å². The van der Waals surface area contributed by atoms with Gasteiger partial charge in [-0.1, -0.05) is 0 Å². The summed E-state index contributed by atoms with van der Waals surface area (Å²) >= 11 is 0. The van der Waals surface area contributed by atoms with Gasteiger partial charge in [-0.2, -0.15) is 5.10 Å². The van der Waals surface area contributed by atoms with Gasteiger partial charge in [0.15, 0.2) is 0 Å². The monoisotopic (exact) mass is 241 g/mol. The van der Waals surface area contributed by atoms with Gasteiger partial charge in [0.05, 0.1) is 24.6 Å². The minimum absolute atomic E-state index is 0.0996. The summed E-state index contributed by atoms with van der Waals surface area (Å²) in [7, 11) is 0. The largest absolute Gasteiger partial charge is 0.394 e. The Labute approximate surface area is 103 Å². The number of aromatic nitrogens is 2. The normalized spacial score (nSPS) is 11.0. The Hall–Kier alpha value is -0.910. The van der Waals surface area contributed by atoms with E-state index in [0.717, 1.165) is 31.7 Å². The average molecular weight is 241 g/mol. The van der Waals surface area contributed by atoms with Crippen molar-refractivity contribution < 1.29 is 9.84 Å². The summed E-state index contributed by atoms with van der Waals surface area (Å²) in [6, 6.07) is 2.11. The molecule has 0 aliphatic heterocycles. The number of aliphatic hydroxyl groups excluding tert-OH is 1. The predicted molar refractivity (Wildman–Crippen MR) is 66.9 cm³/mol. The molecular formula is C12H23N3O2. The number of aliphatic hydroxyl groups is 1. The molecule has 5 heteroatoms. The zero-order chi connectivity index (χ0) is 12.5. The maximum atomic E-state index is 8.53. The average Bonchev–Trinajstić information content (AvgIpc) is 2.68. The molecule has 2 N–H and O–H groups in total. The zero-order valence-electron chi connectivity index (χ0n) is 10.8. The Morgan fingerprint density at radius 1 is 1.47 bits per heavy atom. The van der Waals surface area contributed by atoms with Crippen LogP contribution in [0.15, 0.2) is 6.07 Å². The molecule has 0 amide bonds. The van der Waals surface area contributed by atoms with Crippen LogP contribution < -0.4 is 5.32 Å². The molecule has 1 aromatic heterocycles. The second-order valence-electron chi connectivity index (χ2n) is 3.96. The lowest BCUT2D eigenvalue weighted by Crippen LogP contribution is -2.19. The highest BCUT2D eigenvalue weighted by atomic mass is 16.5. The van der Waals surface area contributed by atoms with Crippen molar-refractivity contribution in [2.75, 3.05) is 26.4 Å². The maximum Gasteiger partial charge on any atom is 0.0697 e. The number of rotatable bonds is 9. The smallest absolute Gasteiger partial charge is 0.0697 e. The molecule has 0 bridgehead atoms. The first kappa shape index (κ1) is 14.2. The van der Waals surface area contributed by atoms with E-state index in [1.165, 1.54) is 5.69 Å². The van der Waals surface area contributed by atoms with Crippen LogP contribution in [0.2, 0.25) is 0 Å². The Morgan fingerprint density at radius 3 is 3.00 bits per heavy atom. The molecule has 5 nitrogen and oxygen atoms in total. The van der Waals surface area contributed by atoms with Crippen molar-refractivity contribution >= 4 is 0 Å². The number of nitrogens with zero attached hydrogens (tertiary/aromatic N) is 2. The fraction of sp³-hybridized carbons (Fsp3) is 0.750. The highest BCUT2D eigenvalue weighted by molar-refractivity contribution is 5.08. The lowest BCUT2D eigenvalue weighted by atomic mass is 10.3. The van der Waals surface area contributed by atoms with E-state index in [9.17, 15) is 0 Å². The molecule has 0 spiro atoms. The van der Waals surface area contributed by atoms with Crippen molar-refractivity contribution in [2.45, 2.75) is 33.4 Å². The van der Waals surface area contributed by atoms with Crippen LogP contribution in [-0.4, -0.2) is 41.3 Å². The van der Waals surface area contributed by atoms with Gasteiger partial charge in [0.2, 0.25) is 0 Å². The predicted octanol–water partition coefficient (Wildman–Crippen LogP) is 0.700. The van der Waals surface area contributed by atoms with Crippen molar-refractivity contribution in [3.8, 4) is 0 Å². The topological polar surface area (TPSA) is 59.3 Å². The van der Waals surface area contributed by atoms with Gasteiger partial charge in [0.1, 0.15) is 0 Å². The molecule has 1 aromatic rings. The highest BCUT2D eigenvalue weighted by Gasteiger charge is 2.02. The minimum Gasteiger partial charge on any atom is -0.394 e. The summed E-state index contributed by atoms with van der Waals surface area (Å²) < 4.78 is 7.19. The molecule has 0 saturated carbocycles. The summed E-state index contributed by atoms with van der Waals surface area (Å²) in [6.07, 6.45) is 0.958. The number of ether oxygens (including phenoxy) is 1. The van der Waals surface area contributed by atoms with Crippen molar-refractivity contribution in [3.05, 3.63) is 17.5 Å². The Kier molecular flexibility index (Phi) is 6.84. The molecule has 0 aromatic carbocycles. The molecule has 0 aliphatic carbocycles. The molecule has 0 radical (unpaired) electrons. The molecule has 98 valence electrons. The van der Waals surface area contributed by atoms with Crippen molar-refractivity contribution in [1.29, 1.82) is 0 Å². The second-order valence-corrected chi connectivity index (χ2v) is 3.96. The summed E-state index contributed by atoms with van der Waals surface area (Å²) in [6.45, 7) is 8.00. The van der Waals surface area contributed by atoms with E-state index in [0.29, 0.717) is 13.2 Å². The second kappa shape index (κ2) is 8.22. The molecule has 1 rings (SSSR count). The van der Waals surface area contributed by atoms with E-state index in [1.807, 2.05) is 11.6 Å². The number of nitrogens with one attached hydrogen (secondary N) is 1. The summed E-state index contributed by atoms with van der Waals surface area (Å²) in [5, 5.41) is 16.3. The van der Waals surface area contributed by atoms with Gasteiger partial charge < -0.3 is 15.2 Å². The van der Waals surface area contributed by atoms with Gasteiger partial charge in [0.25, 0.3) is 0 Å². The third kappa shape index (κ3) is 5.30. The molecule has 0 fully saturated rings. The van der Waals surface area contributed by atoms with Crippen LogP contribution in [0.5, 0.6) is 0 Å². The zero-order valence-corrected chi connectivity index (χ0v) is 10.8. The van der Waals surface area contributed by atoms with Crippen molar-refractivity contribution in [1.82, 2.24) is 15.1 Å². The quantitative estimate of drug-likeness (QED) is 0.625. The van der Waals surface area contributed by atoms with Gasteiger partial charge in [0, 0.05) is 19.7 Å². The Balaban J connectivity index is 2.13. The molecule has 0 saturated heterocycles. The van der Waals surface area contributed by atoms with Crippen molar-refractivity contribution in [2.24, 2.45) is 0 Å². The lowest BCUT2D eigenvalue weighted by molar-refractivity contribution is 0.0907. The van der Waals surface area contributed by atoms with Gasteiger partial charge in [-0.25, -0.2) is 0 Å². The van der Waals surface area contributed by atoms with Gasteiger partial charge in [-0.05, 0) is 32.9 Å². The van der Waals surface area contributed by atoms with Crippen LogP contribution in [0.25, 0.3) is 0 Å². The summed E-state index contributed by atoms with van der Waals surface area (Å²) in [4.78, 5) is 0. The van der Waals surface area contributed by atoms with Crippen LogP contribution in [-0.2, 0) is 17.8 Å². The first-order valence-electron chi connectivity index (χ1n) is 6.20. The van der Waals surface area contributed by atoms with Crippen LogP contribution >= 0.6 is 0 Å².